The zero-order valence-electron chi connectivity index (χ0n) is 12.4. The third-order valence-electron chi connectivity index (χ3n) is 3.89. The van der Waals surface area contributed by atoms with E-state index < -0.39 is 10.1 Å². The van der Waals surface area contributed by atoms with E-state index in [1.54, 1.807) is 24.4 Å². The molecule has 0 amide bonds. The number of rotatable bonds is 4. The Morgan fingerprint density at radius 1 is 1.14 bits per heavy atom. The molecule has 1 fully saturated rings. The molecule has 0 bridgehead atoms. The summed E-state index contributed by atoms with van der Waals surface area (Å²) in [5.74, 6) is 0.271. The van der Waals surface area contributed by atoms with E-state index in [0.29, 0.717) is 0 Å². The Morgan fingerprint density at radius 3 is 2.59 bits per heavy atom. The summed E-state index contributed by atoms with van der Waals surface area (Å²) >= 11 is 0. The first-order chi connectivity index (χ1) is 10.6. The van der Waals surface area contributed by atoms with Crippen molar-refractivity contribution in [3.8, 4) is 6.07 Å². The van der Waals surface area contributed by atoms with Gasteiger partial charge in [-0.1, -0.05) is 36.2 Å². The Balaban J connectivity index is 1.92. The van der Waals surface area contributed by atoms with Crippen LogP contribution in [0.4, 0.5) is 0 Å². The van der Waals surface area contributed by atoms with E-state index >= 15 is 0 Å². The first-order valence-corrected chi connectivity index (χ1v) is 8.94. The summed E-state index contributed by atoms with van der Waals surface area (Å²) in [7, 11) is -3.84. The number of hydrogen-bond acceptors (Lipinski definition) is 5. The molecule has 5 nitrogen and oxygen atoms in total. The summed E-state index contributed by atoms with van der Waals surface area (Å²) in [6.07, 6.45) is 7.22. The van der Waals surface area contributed by atoms with Crippen LogP contribution in [0.2, 0.25) is 0 Å². The van der Waals surface area contributed by atoms with Gasteiger partial charge in [-0.25, -0.2) is 0 Å². The Morgan fingerprint density at radius 2 is 1.86 bits per heavy atom. The van der Waals surface area contributed by atoms with Gasteiger partial charge in [-0.2, -0.15) is 13.7 Å². The molecule has 1 aliphatic rings. The third kappa shape index (κ3) is 4.85. The van der Waals surface area contributed by atoms with Crippen LogP contribution in [0.5, 0.6) is 0 Å². The molecule has 118 valence electrons. The number of oxime groups is 1. The van der Waals surface area contributed by atoms with Gasteiger partial charge in [0.2, 0.25) is 0 Å². The predicted octanol–water partition coefficient (Wildman–Crippen LogP) is 3.49. The molecular formula is C16H20N2O3S. The van der Waals surface area contributed by atoms with E-state index in [2.05, 4.69) is 11.2 Å². The molecule has 0 N–H and O–H groups in total. The molecule has 6 heteroatoms. The Hall–Kier alpha value is -1.87. The van der Waals surface area contributed by atoms with Crippen LogP contribution in [0, 0.1) is 23.2 Å². The fraction of sp³-hybridized carbons (Fsp3) is 0.500. The van der Waals surface area contributed by atoms with Crippen molar-refractivity contribution >= 4 is 16.3 Å². The van der Waals surface area contributed by atoms with Crippen LogP contribution < -0.4 is 0 Å². The van der Waals surface area contributed by atoms with Crippen molar-refractivity contribution in [1.29, 1.82) is 5.26 Å². The monoisotopic (exact) mass is 320 g/mol. The van der Waals surface area contributed by atoms with E-state index in [1.807, 2.05) is 0 Å². The van der Waals surface area contributed by atoms with Crippen LogP contribution in [-0.2, 0) is 14.4 Å². The standard InChI is InChI=1S/C16H20N2O3S/c17-12-14-6-4-5-7-15(11-10-14)13-18-21-22(19,20)16-8-2-1-3-9-16/h1-3,8-9,13-15H,4-7,10-11H2. The highest BCUT2D eigenvalue weighted by Crippen LogP contribution is 2.25. The van der Waals surface area contributed by atoms with E-state index in [1.165, 1.54) is 12.1 Å². The second-order valence-electron chi connectivity index (χ2n) is 5.54. The molecule has 0 saturated heterocycles. The third-order valence-corrected chi connectivity index (χ3v) is 5.02. The van der Waals surface area contributed by atoms with Crippen molar-refractivity contribution < 1.29 is 12.7 Å². The van der Waals surface area contributed by atoms with Gasteiger partial charge >= 0.3 is 10.1 Å². The van der Waals surface area contributed by atoms with Gasteiger partial charge in [0.15, 0.2) is 0 Å². The number of hydrogen-bond donors (Lipinski definition) is 0. The van der Waals surface area contributed by atoms with Gasteiger partial charge < -0.3 is 0 Å². The maximum Gasteiger partial charge on any atom is 0.358 e. The largest absolute Gasteiger partial charge is 0.358 e. The summed E-state index contributed by atoms with van der Waals surface area (Å²) in [5, 5.41) is 12.7. The molecule has 1 aromatic carbocycles. The van der Waals surface area contributed by atoms with Crippen LogP contribution in [0.3, 0.4) is 0 Å². The predicted molar refractivity (Wildman–Crippen MR) is 83.5 cm³/mol. The van der Waals surface area contributed by atoms with Crippen LogP contribution in [0.25, 0.3) is 0 Å². The highest BCUT2D eigenvalue weighted by molar-refractivity contribution is 7.86. The molecule has 1 aromatic rings. The average molecular weight is 320 g/mol. The minimum absolute atomic E-state index is 0.0920. The number of nitrogens with zero attached hydrogens (tertiary/aromatic N) is 2. The summed E-state index contributed by atoms with van der Waals surface area (Å²) < 4.78 is 28.6. The van der Waals surface area contributed by atoms with Crippen molar-refractivity contribution in [2.45, 2.75) is 43.4 Å². The molecule has 1 aliphatic carbocycles. The maximum atomic E-state index is 11.9. The minimum Gasteiger partial charge on any atom is -0.265 e. The summed E-state index contributed by atoms with van der Waals surface area (Å²) in [6.45, 7) is 0. The smallest absolute Gasteiger partial charge is 0.265 e. The van der Waals surface area contributed by atoms with Crippen LogP contribution in [-0.4, -0.2) is 14.6 Å². The molecule has 0 heterocycles. The van der Waals surface area contributed by atoms with Gasteiger partial charge in [0, 0.05) is 12.1 Å². The molecule has 2 unspecified atom stereocenters. The fourth-order valence-corrected chi connectivity index (χ4v) is 3.32. The summed E-state index contributed by atoms with van der Waals surface area (Å²) in [6, 6.07) is 10.3. The molecule has 1 saturated carbocycles. The van der Waals surface area contributed by atoms with Gasteiger partial charge in [0.1, 0.15) is 4.90 Å². The van der Waals surface area contributed by atoms with Gasteiger partial charge in [-0.05, 0) is 43.7 Å². The van der Waals surface area contributed by atoms with Gasteiger partial charge in [-0.3, -0.25) is 4.28 Å². The van der Waals surface area contributed by atoms with E-state index in [4.69, 9.17) is 9.55 Å². The first-order valence-electron chi connectivity index (χ1n) is 7.53. The fourth-order valence-electron chi connectivity index (χ4n) is 2.58. The molecule has 0 radical (unpaired) electrons. The second-order valence-corrected chi connectivity index (χ2v) is 7.07. The highest BCUT2D eigenvalue weighted by atomic mass is 32.2. The average Bonchev–Trinajstić information content (AvgIpc) is 2.51. The van der Waals surface area contributed by atoms with Crippen molar-refractivity contribution in [2.24, 2.45) is 17.0 Å². The summed E-state index contributed by atoms with van der Waals surface area (Å²) in [4.78, 5) is 0.0920. The molecule has 0 spiro atoms. The van der Waals surface area contributed by atoms with Crippen molar-refractivity contribution in [3.63, 3.8) is 0 Å². The Labute approximate surface area is 131 Å². The molecule has 0 aromatic heterocycles. The lowest BCUT2D eigenvalue weighted by Crippen LogP contribution is -2.11. The molecule has 0 aliphatic heterocycles. The lowest BCUT2D eigenvalue weighted by atomic mass is 9.87. The molecule has 22 heavy (non-hydrogen) atoms. The lowest BCUT2D eigenvalue weighted by molar-refractivity contribution is 0.333. The zero-order chi connectivity index (χ0) is 15.8. The van der Waals surface area contributed by atoms with E-state index in [-0.39, 0.29) is 16.7 Å². The number of benzene rings is 1. The zero-order valence-corrected chi connectivity index (χ0v) is 13.2. The van der Waals surface area contributed by atoms with Crippen LogP contribution >= 0.6 is 0 Å². The topological polar surface area (TPSA) is 79.5 Å². The molecule has 2 rings (SSSR count). The van der Waals surface area contributed by atoms with E-state index in [9.17, 15) is 8.42 Å². The normalized spacial score (nSPS) is 23.4. The quantitative estimate of drug-likeness (QED) is 0.628. The van der Waals surface area contributed by atoms with Crippen molar-refractivity contribution in [1.82, 2.24) is 0 Å². The van der Waals surface area contributed by atoms with Gasteiger partial charge in [0.25, 0.3) is 0 Å². The second kappa shape index (κ2) is 7.95. The molecular weight excluding hydrogens is 300 g/mol. The Bertz CT molecular complexity index is 635. The van der Waals surface area contributed by atoms with Gasteiger partial charge in [0.05, 0.1) is 6.07 Å². The SMILES string of the molecule is N#CC1CCCCC(C=NOS(=O)(=O)c2ccccc2)CC1. The van der Waals surface area contributed by atoms with E-state index in [0.717, 1.165) is 38.5 Å². The molecule has 2 atom stereocenters. The van der Waals surface area contributed by atoms with Crippen LogP contribution in [0.1, 0.15) is 38.5 Å². The highest BCUT2D eigenvalue weighted by Gasteiger charge is 2.17. The van der Waals surface area contributed by atoms with Crippen LogP contribution in [0.15, 0.2) is 40.4 Å². The van der Waals surface area contributed by atoms with Crippen molar-refractivity contribution in [2.75, 3.05) is 0 Å². The Kier molecular flexibility index (Phi) is 5.96. The summed E-state index contributed by atoms with van der Waals surface area (Å²) in [5.41, 5.74) is 0. The first kappa shape index (κ1) is 16.5. The minimum atomic E-state index is -3.84. The van der Waals surface area contributed by atoms with Gasteiger partial charge in [-0.15, -0.1) is 0 Å². The maximum absolute atomic E-state index is 11.9. The lowest BCUT2D eigenvalue weighted by Gasteiger charge is -2.18. The number of nitriles is 1. The van der Waals surface area contributed by atoms with Crippen molar-refractivity contribution in [3.05, 3.63) is 30.3 Å².